The fourth-order valence-electron chi connectivity index (χ4n) is 0.665. The van der Waals surface area contributed by atoms with Crippen LogP contribution in [0.5, 0.6) is 0 Å². The highest BCUT2D eigenvalue weighted by Gasteiger charge is 1.94. The number of amides is 2. The smallest absolute Gasteiger partial charge is 0.318 e. The van der Waals surface area contributed by atoms with Crippen molar-refractivity contribution >= 4 is 11.7 Å². The van der Waals surface area contributed by atoms with Crippen molar-refractivity contribution in [1.29, 1.82) is 0 Å². The van der Waals surface area contributed by atoms with Crippen LogP contribution in [0.15, 0.2) is 24.3 Å². The molecule has 2 N–H and O–H groups in total. The molecule has 3 heteroatoms. The molecule has 3 nitrogen and oxygen atoms in total. The van der Waals surface area contributed by atoms with Crippen molar-refractivity contribution in [3.8, 4) is 0 Å². The Morgan fingerprint density at radius 2 is 2.45 bits per heavy atom. The normalized spacial score (nSPS) is 8.82. The van der Waals surface area contributed by atoms with E-state index in [0.717, 1.165) is 5.69 Å². The van der Waals surface area contributed by atoms with Crippen molar-refractivity contribution in [2.24, 2.45) is 0 Å². The lowest BCUT2D eigenvalue weighted by molar-refractivity contribution is 0.254. The van der Waals surface area contributed by atoms with Crippen LogP contribution in [0.25, 0.3) is 0 Å². The molecule has 57 valence electrons. The second-order valence-electron chi connectivity index (χ2n) is 2.00. The topological polar surface area (TPSA) is 41.1 Å². The Labute approximate surface area is 65.4 Å². The van der Waals surface area contributed by atoms with Gasteiger partial charge in [-0.1, -0.05) is 12.1 Å². The first kappa shape index (κ1) is 7.60. The van der Waals surface area contributed by atoms with Crippen LogP contribution in [0.3, 0.4) is 0 Å². The average molecular weight is 149 g/mol. The third kappa shape index (κ3) is 2.29. The molecule has 11 heavy (non-hydrogen) atoms. The summed E-state index contributed by atoms with van der Waals surface area (Å²) >= 11 is 0. The Morgan fingerprint density at radius 3 is 3.00 bits per heavy atom. The Bertz CT molecular complexity index is 233. The third-order valence-electron chi connectivity index (χ3n) is 1.19. The Morgan fingerprint density at radius 1 is 1.64 bits per heavy atom. The summed E-state index contributed by atoms with van der Waals surface area (Å²) in [6.07, 6.45) is 0. The van der Waals surface area contributed by atoms with Gasteiger partial charge in [0.05, 0.1) is 0 Å². The first-order valence-corrected chi connectivity index (χ1v) is 3.28. The quantitative estimate of drug-likeness (QED) is 0.619. The number of rotatable bonds is 1. The van der Waals surface area contributed by atoms with Crippen molar-refractivity contribution in [2.45, 2.75) is 0 Å². The predicted octanol–water partition coefficient (Wildman–Crippen LogP) is 1.24. The van der Waals surface area contributed by atoms with E-state index < -0.39 is 0 Å². The Balaban J connectivity index is 2.58. The summed E-state index contributed by atoms with van der Waals surface area (Å²) in [5, 5.41) is 5.06. The first-order valence-electron chi connectivity index (χ1n) is 3.28. The molecule has 0 fully saturated rings. The third-order valence-corrected chi connectivity index (χ3v) is 1.19. The van der Waals surface area contributed by atoms with E-state index in [1.54, 1.807) is 25.2 Å². The Kier molecular flexibility index (Phi) is 2.49. The van der Waals surface area contributed by atoms with Crippen molar-refractivity contribution < 1.29 is 4.79 Å². The van der Waals surface area contributed by atoms with Gasteiger partial charge in [-0.15, -0.1) is 0 Å². The number of urea groups is 1. The lowest BCUT2D eigenvalue weighted by atomic mass is 10.3. The van der Waals surface area contributed by atoms with Crippen LogP contribution in [-0.2, 0) is 0 Å². The van der Waals surface area contributed by atoms with Gasteiger partial charge in [-0.2, -0.15) is 0 Å². The number of carbonyl (C=O) groups is 1. The van der Waals surface area contributed by atoms with Crippen LogP contribution < -0.4 is 10.6 Å². The largest absolute Gasteiger partial charge is 0.341 e. The van der Waals surface area contributed by atoms with Gasteiger partial charge in [0, 0.05) is 12.7 Å². The van der Waals surface area contributed by atoms with Gasteiger partial charge in [-0.25, -0.2) is 4.79 Å². The first-order chi connectivity index (χ1) is 5.33. The zero-order chi connectivity index (χ0) is 8.10. The maximum absolute atomic E-state index is 10.7. The molecule has 2 amide bonds. The Hall–Kier alpha value is -1.51. The number of hydrogen-bond acceptors (Lipinski definition) is 1. The molecule has 0 saturated heterocycles. The predicted molar refractivity (Wildman–Crippen MR) is 43.4 cm³/mol. The number of carbonyl (C=O) groups excluding carboxylic acids is 1. The van der Waals surface area contributed by atoms with Crippen LogP contribution in [0.1, 0.15) is 0 Å². The number of hydrogen-bond donors (Lipinski definition) is 2. The molecule has 0 spiro atoms. The molecule has 0 bridgehead atoms. The van der Waals surface area contributed by atoms with Crippen LogP contribution in [0.4, 0.5) is 10.5 Å². The van der Waals surface area contributed by atoms with E-state index in [1.165, 1.54) is 0 Å². The van der Waals surface area contributed by atoms with Crippen LogP contribution >= 0.6 is 0 Å². The highest BCUT2D eigenvalue weighted by atomic mass is 16.2. The molecule has 1 aromatic rings. The minimum atomic E-state index is -0.218. The average Bonchev–Trinajstić information content (AvgIpc) is 2.06. The summed E-state index contributed by atoms with van der Waals surface area (Å²) in [5.74, 6) is 0. The van der Waals surface area contributed by atoms with Gasteiger partial charge >= 0.3 is 6.03 Å². The van der Waals surface area contributed by atoms with E-state index in [1.807, 2.05) is 6.07 Å². The highest BCUT2D eigenvalue weighted by Crippen LogP contribution is 2.02. The molecule has 0 aliphatic carbocycles. The van der Waals surface area contributed by atoms with E-state index >= 15 is 0 Å². The number of anilines is 1. The van der Waals surface area contributed by atoms with E-state index in [-0.39, 0.29) is 6.03 Å². The van der Waals surface area contributed by atoms with E-state index in [4.69, 9.17) is 0 Å². The zero-order valence-electron chi connectivity index (χ0n) is 6.22. The van der Waals surface area contributed by atoms with Crippen LogP contribution in [0, 0.1) is 6.07 Å². The van der Waals surface area contributed by atoms with Crippen LogP contribution in [0.2, 0.25) is 0 Å². The fourth-order valence-corrected chi connectivity index (χ4v) is 0.665. The summed E-state index contributed by atoms with van der Waals surface area (Å²) in [7, 11) is 1.57. The maximum Gasteiger partial charge on any atom is 0.318 e. The molecule has 1 radical (unpaired) electrons. The van der Waals surface area contributed by atoms with E-state index in [9.17, 15) is 4.79 Å². The molecular formula is C8H9N2O. The molecule has 0 aliphatic heterocycles. The number of nitrogens with one attached hydrogen (secondary N) is 2. The molecule has 1 rings (SSSR count). The highest BCUT2D eigenvalue weighted by molar-refractivity contribution is 5.88. The minimum absolute atomic E-state index is 0.218. The standard InChI is InChI=1S/C8H9N2O/c1-9-8(11)10-7-5-3-2-4-6-7/h2-3,5-6H,1H3,(H2,9,10,11). The molecule has 0 aliphatic rings. The van der Waals surface area contributed by atoms with Crippen LogP contribution in [-0.4, -0.2) is 13.1 Å². The summed E-state index contributed by atoms with van der Waals surface area (Å²) < 4.78 is 0. The zero-order valence-corrected chi connectivity index (χ0v) is 6.22. The van der Waals surface area contributed by atoms with Gasteiger partial charge in [0.1, 0.15) is 0 Å². The van der Waals surface area contributed by atoms with Crippen molar-refractivity contribution in [2.75, 3.05) is 12.4 Å². The van der Waals surface area contributed by atoms with E-state index in [2.05, 4.69) is 16.7 Å². The van der Waals surface area contributed by atoms with Crippen molar-refractivity contribution in [3.63, 3.8) is 0 Å². The van der Waals surface area contributed by atoms with Gasteiger partial charge in [0.15, 0.2) is 0 Å². The summed E-state index contributed by atoms with van der Waals surface area (Å²) in [5.41, 5.74) is 0.742. The maximum atomic E-state index is 10.7. The SMILES string of the molecule is CNC(=O)Nc1c[c]ccc1. The molecular weight excluding hydrogens is 140 g/mol. The summed E-state index contributed by atoms with van der Waals surface area (Å²) in [4.78, 5) is 10.7. The summed E-state index contributed by atoms with van der Waals surface area (Å²) in [6.45, 7) is 0. The lowest BCUT2D eigenvalue weighted by Crippen LogP contribution is -2.24. The summed E-state index contributed by atoms with van der Waals surface area (Å²) in [6, 6.07) is 9.71. The van der Waals surface area contributed by atoms with Gasteiger partial charge < -0.3 is 10.6 Å². The molecule has 0 unspecified atom stereocenters. The minimum Gasteiger partial charge on any atom is -0.341 e. The monoisotopic (exact) mass is 149 g/mol. The van der Waals surface area contributed by atoms with E-state index in [0.29, 0.717) is 0 Å². The van der Waals surface area contributed by atoms with Crippen molar-refractivity contribution in [3.05, 3.63) is 30.3 Å². The van der Waals surface area contributed by atoms with Gasteiger partial charge in [0.25, 0.3) is 0 Å². The molecule has 0 saturated carbocycles. The molecule has 0 aromatic heterocycles. The number of benzene rings is 1. The molecule has 0 atom stereocenters. The second kappa shape index (κ2) is 3.61. The second-order valence-corrected chi connectivity index (χ2v) is 2.00. The van der Waals surface area contributed by atoms with Gasteiger partial charge in [-0.3, -0.25) is 0 Å². The lowest BCUT2D eigenvalue weighted by Gasteiger charge is -2.01. The van der Waals surface area contributed by atoms with Gasteiger partial charge in [0.2, 0.25) is 0 Å². The van der Waals surface area contributed by atoms with Crippen molar-refractivity contribution in [1.82, 2.24) is 5.32 Å². The van der Waals surface area contributed by atoms with Gasteiger partial charge in [-0.05, 0) is 18.2 Å². The molecule has 0 heterocycles. The fraction of sp³-hybridized carbons (Fsp3) is 0.125. The molecule has 1 aromatic carbocycles.